The molecule has 2 aromatic rings. The van der Waals surface area contributed by atoms with E-state index in [1.54, 1.807) is 12.1 Å². The van der Waals surface area contributed by atoms with Gasteiger partial charge in [0, 0.05) is 11.5 Å². The molecule has 1 aliphatic rings. The maximum atomic E-state index is 12.8. The van der Waals surface area contributed by atoms with Crippen molar-refractivity contribution in [2.75, 3.05) is 7.11 Å². The van der Waals surface area contributed by atoms with Gasteiger partial charge in [-0.3, -0.25) is 0 Å². The summed E-state index contributed by atoms with van der Waals surface area (Å²) in [5.41, 5.74) is -0.0692. The van der Waals surface area contributed by atoms with E-state index in [1.165, 1.54) is 13.2 Å². The average molecular weight is 302 g/mol. The van der Waals surface area contributed by atoms with Crippen LogP contribution in [-0.4, -0.2) is 18.5 Å². The molecule has 1 unspecified atom stereocenters. The van der Waals surface area contributed by atoms with Gasteiger partial charge in [-0.25, -0.2) is 4.79 Å². The Bertz CT molecular complexity index is 736. The number of hydrogen-bond donors (Lipinski definition) is 0. The Morgan fingerprint density at radius 1 is 1.40 bits per heavy atom. The number of ether oxygens (including phenoxy) is 1. The minimum atomic E-state index is -4.34. The van der Waals surface area contributed by atoms with Crippen LogP contribution in [0.15, 0.2) is 32.3 Å². The minimum Gasteiger partial charge on any atom is -0.497 e. The zero-order valence-electron chi connectivity index (χ0n) is 10.3. The third kappa shape index (κ3) is 2.06. The van der Waals surface area contributed by atoms with Crippen molar-refractivity contribution >= 4 is 22.7 Å². The van der Waals surface area contributed by atoms with Crippen LogP contribution in [0.2, 0.25) is 0 Å². The number of rotatable bonds is 1. The van der Waals surface area contributed by atoms with Gasteiger partial charge in [0.1, 0.15) is 16.6 Å². The first-order chi connectivity index (χ1) is 9.40. The zero-order chi connectivity index (χ0) is 14.5. The molecule has 106 valence electrons. The summed E-state index contributed by atoms with van der Waals surface area (Å²) in [6.07, 6.45) is -4.55. The van der Waals surface area contributed by atoms with E-state index in [0.717, 1.165) is 0 Å². The van der Waals surface area contributed by atoms with Crippen LogP contribution in [0.1, 0.15) is 5.56 Å². The van der Waals surface area contributed by atoms with Gasteiger partial charge in [0.15, 0.2) is 0 Å². The molecule has 0 saturated carbocycles. The van der Waals surface area contributed by atoms with Gasteiger partial charge < -0.3 is 9.15 Å². The molecule has 3 rings (SSSR count). The van der Waals surface area contributed by atoms with Gasteiger partial charge in [-0.15, -0.1) is 11.8 Å². The number of hydrogen-bond acceptors (Lipinski definition) is 4. The number of benzene rings is 1. The van der Waals surface area contributed by atoms with Crippen LogP contribution in [0.3, 0.4) is 0 Å². The first-order valence-electron chi connectivity index (χ1n) is 5.77. The van der Waals surface area contributed by atoms with Crippen molar-refractivity contribution < 1.29 is 22.3 Å². The summed E-state index contributed by atoms with van der Waals surface area (Å²) in [6, 6.07) is 4.76. The van der Waals surface area contributed by atoms with Gasteiger partial charge in [-0.05, 0) is 24.1 Å². The van der Waals surface area contributed by atoms with Crippen LogP contribution < -0.4 is 10.4 Å². The summed E-state index contributed by atoms with van der Waals surface area (Å²) >= 11 is 0.532. The average Bonchev–Trinajstić information content (AvgIpc) is 2.84. The number of alkyl halides is 3. The largest absolute Gasteiger partial charge is 0.497 e. The Labute approximate surface area is 115 Å². The maximum absolute atomic E-state index is 12.8. The highest BCUT2D eigenvalue weighted by Gasteiger charge is 2.45. The molecule has 3 nitrogen and oxygen atoms in total. The van der Waals surface area contributed by atoms with E-state index < -0.39 is 17.1 Å². The highest BCUT2D eigenvalue weighted by Crippen LogP contribution is 2.45. The molecule has 0 aliphatic carbocycles. The van der Waals surface area contributed by atoms with E-state index in [9.17, 15) is 18.0 Å². The molecule has 0 fully saturated rings. The highest BCUT2D eigenvalue weighted by molar-refractivity contribution is 8.00. The second-order valence-corrected chi connectivity index (χ2v) is 5.62. The predicted molar refractivity (Wildman–Crippen MR) is 68.4 cm³/mol. The maximum Gasteiger partial charge on any atom is 0.401 e. The van der Waals surface area contributed by atoms with E-state index >= 15 is 0 Å². The number of fused-ring (bicyclic) bond motifs is 3. The third-order valence-electron chi connectivity index (χ3n) is 3.19. The molecule has 0 radical (unpaired) electrons. The fraction of sp³-hybridized carbons (Fsp3) is 0.308. The number of thioether (sulfide) groups is 1. The lowest BCUT2D eigenvalue weighted by Crippen LogP contribution is -2.24. The summed E-state index contributed by atoms with van der Waals surface area (Å²) in [7, 11) is 1.46. The normalized spacial score (nSPS) is 18.3. The minimum absolute atomic E-state index is 0.0602. The summed E-state index contributed by atoms with van der Waals surface area (Å²) in [5, 5.41) is -1.06. The molecule has 0 bridgehead atoms. The highest BCUT2D eigenvalue weighted by atomic mass is 32.2. The summed E-state index contributed by atoms with van der Waals surface area (Å²) in [4.78, 5) is 11.9. The molecular weight excluding hydrogens is 293 g/mol. The van der Waals surface area contributed by atoms with Crippen LogP contribution in [0.4, 0.5) is 13.2 Å². The molecular formula is C13H9F3O3S. The molecule has 7 heteroatoms. The monoisotopic (exact) mass is 302 g/mol. The molecule has 20 heavy (non-hydrogen) atoms. The molecule has 1 aliphatic heterocycles. The van der Waals surface area contributed by atoms with Crippen LogP contribution in [0, 0.1) is 0 Å². The third-order valence-corrected chi connectivity index (χ3v) is 4.56. The lowest BCUT2D eigenvalue weighted by Gasteiger charge is -2.11. The number of halogens is 3. The second kappa shape index (κ2) is 4.44. The lowest BCUT2D eigenvalue weighted by molar-refractivity contribution is -0.127. The van der Waals surface area contributed by atoms with Gasteiger partial charge in [0.05, 0.1) is 12.0 Å². The van der Waals surface area contributed by atoms with Gasteiger partial charge in [-0.1, -0.05) is 0 Å². The fourth-order valence-electron chi connectivity index (χ4n) is 2.23. The quantitative estimate of drug-likeness (QED) is 0.757. The van der Waals surface area contributed by atoms with Gasteiger partial charge in [-0.2, -0.15) is 13.2 Å². The topological polar surface area (TPSA) is 39.4 Å². The van der Waals surface area contributed by atoms with Crippen LogP contribution in [-0.2, 0) is 6.42 Å². The van der Waals surface area contributed by atoms with E-state index in [2.05, 4.69) is 0 Å². The van der Waals surface area contributed by atoms with Crippen molar-refractivity contribution in [3.05, 3.63) is 34.2 Å². The summed E-state index contributed by atoms with van der Waals surface area (Å²) in [6.45, 7) is 0. The molecule has 2 heterocycles. The molecule has 0 amide bonds. The van der Waals surface area contributed by atoms with Crippen molar-refractivity contribution in [1.82, 2.24) is 0 Å². The second-order valence-electron chi connectivity index (χ2n) is 4.41. The first-order valence-corrected chi connectivity index (χ1v) is 6.65. The Morgan fingerprint density at radius 2 is 2.15 bits per heavy atom. The van der Waals surface area contributed by atoms with E-state index in [1.807, 2.05) is 0 Å². The SMILES string of the molecule is COc1ccc2c3c(c(=O)oc2c1)SC(C(F)(F)F)C3. The van der Waals surface area contributed by atoms with Crippen molar-refractivity contribution in [2.24, 2.45) is 0 Å². The van der Waals surface area contributed by atoms with E-state index in [0.29, 0.717) is 28.5 Å². The molecule has 0 saturated heterocycles. The van der Waals surface area contributed by atoms with Crippen molar-refractivity contribution in [3.63, 3.8) is 0 Å². The van der Waals surface area contributed by atoms with Crippen molar-refractivity contribution in [2.45, 2.75) is 22.7 Å². The molecule has 0 N–H and O–H groups in total. The Hall–Kier alpha value is -1.63. The zero-order valence-corrected chi connectivity index (χ0v) is 11.1. The summed E-state index contributed by atoms with van der Waals surface area (Å²) in [5.74, 6) is 0.485. The van der Waals surface area contributed by atoms with E-state index in [-0.39, 0.29) is 16.9 Å². The van der Waals surface area contributed by atoms with Crippen molar-refractivity contribution in [1.29, 1.82) is 0 Å². The Kier molecular flexibility index (Phi) is 2.97. The standard InChI is InChI=1S/C13H9F3O3S/c1-18-6-2-3-7-8-5-10(13(14,15)16)20-11(8)12(17)19-9(7)4-6/h2-4,10H,5H2,1H3. The van der Waals surface area contributed by atoms with Crippen molar-refractivity contribution in [3.8, 4) is 5.75 Å². The van der Waals surface area contributed by atoms with Gasteiger partial charge >= 0.3 is 11.8 Å². The molecule has 1 aromatic heterocycles. The Balaban J connectivity index is 2.18. The predicted octanol–water partition coefficient (Wildman–Crippen LogP) is 3.38. The number of methoxy groups -OCH3 is 1. The lowest BCUT2D eigenvalue weighted by atomic mass is 10.1. The molecule has 0 spiro atoms. The van der Waals surface area contributed by atoms with Crippen LogP contribution >= 0.6 is 11.8 Å². The molecule has 1 aromatic carbocycles. The molecule has 1 atom stereocenters. The smallest absolute Gasteiger partial charge is 0.401 e. The fourth-order valence-corrected chi connectivity index (χ4v) is 3.37. The Morgan fingerprint density at radius 3 is 2.80 bits per heavy atom. The van der Waals surface area contributed by atoms with Crippen LogP contribution in [0.5, 0.6) is 5.75 Å². The first kappa shape index (κ1) is 13.4. The van der Waals surface area contributed by atoms with Crippen LogP contribution in [0.25, 0.3) is 11.0 Å². The van der Waals surface area contributed by atoms with E-state index in [4.69, 9.17) is 9.15 Å². The van der Waals surface area contributed by atoms with Gasteiger partial charge in [0.25, 0.3) is 0 Å². The van der Waals surface area contributed by atoms with Gasteiger partial charge in [0.2, 0.25) is 0 Å². The summed E-state index contributed by atoms with van der Waals surface area (Å²) < 4.78 is 48.5.